The lowest BCUT2D eigenvalue weighted by molar-refractivity contribution is -0.156. The van der Waals surface area contributed by atoms with Gasteiger partial charge in [0, 0.05) is 60.5 Å². The number of carbonyl (C=O) groups excluding carboxylic acids is 3. The number of thiazole rings is 1. The minimum Gasteiger partial charge on any atom is -0.464 e. The average molecular weight is 765 g/mol. The van der Waals surface area contributed by atoms with E-state index in [1.165, 1.54) is 16.3 Å². The Balaban J connectivity index is 1.26. The zero-order chi connectivity index (χ0) is 36.6. The molecule has 2 amide bonds. The van der Waals surface area contributed by atoms with Gasteiger partial charge in [-0.2, -0.15) is 0 Å². The molecule has 6 bridgehead atoms. The highest BCUT2D eigenvalue weighted by molar-refractivity contribution is 7.23. The van der Waals surface area contributed by atoms with Crippen molar-refractivity contribution in [3.05, 3.63) is 45.0 Å². The molecule has 1 unspecified atom stereocenters. The van der Waals surface area contributed by atoms with Crippen LogP contribution in [0.5, 0.6) is 0 Å². The van der Waals surface area contributed by atoms with Crippen molar-refractivity contribution >= 4 is 62.3 Å². The summed E-state index contributed by atoms with van der Waals surface area (Å²) in [5.41, 5.74) is 7.39. The molecule has 4 aromatic heterocycles. The van der Waals surface area contributed by atoms with Crippen molar-refractivity contribution in [1.29, 1.82) is 0 Å². The van der Waals surface area contributed by atoms with Crippen molar-refractivity contribution in [2.45, 2.75) is 85.0 Å². The van der Waals surface area contributed by atoms with Gasteiger partial charge >= 0.3 is 5.97 Å². The highest BCUT2D eigenvalue weighted by Gasteiger charge is 2.53. The molecule has 7 atom stereocenters. The molecule has 276 valence electrons. The third-order valence-corrected chi connectivity index (χ3v) is 13.8. The van der Waals surface area contributed by atoms with Crippen molar-refractivity contribution in [2.75, 3.05) is 20.3 Å². The molecule has 0 radical (unpaired) electrons. The lowest BCUT2D eigenvalue weighted by atomic mass is 9.84. The normalized spacial score (nSPS) is 27.5. The van der Waals surface area contributed by atoms with Crippen LogP contribution >= 0.6 is 34.3 Å². The predicted molar refractivity (Wildman–Crippen MR) is 202 cm³/mol. The van der Waals surface area contributed by atoms with Gasteiger partial charge < -0.3 is 19.4 Å². The number of aromatic nitrogens is 3. The van der Waals surface area contributed by atoms with Crippen LogP contribution < -0.4 is 10.7 Å². The Morgan fingerprint density at radius 2 is 2.08 bits per heavy atom. The number of hydrogen-bond donors (Lipinski definition) is 2. The lowest BCUT2D eigenvalue weighted by Gasteiger charge is -2.35. The smallest absolute Gasteiger partial charge is 0.325 e. The minimum absolute atomic E-state index is 0.0951. The van der Waals surface area contributed by atoms with E-state index in [-0.39, 0.29) is 54.7 Å². The van der Waals surface area contributed by atoms with E-state index in [0.717, 1.165) is 61.2 Å². The van der Waals surface area contributed by atoms with E-state index >= 15 is 0 Å². The van der Waals surface area contributed by atoms with Gasteiger partial charge in [-0.25, -0.2) is 10.4 Å². The van der Waals surface area contributed by atoms with Crippen molar-refractivity contribution in [1.82, 2.24) is 30.3 Å². The number of nitrogens with one attached hydrogen (secondary N) is 2. The number of ether oxygens (including phenoxy) is 2. The number of amides is 2. The molecule has 11 nitrogen and oxygen atoms in total. The summed E-state index contributed by atoms with van der Waals surface area (Å²) in [6.07, 6.45) is 4.00. The maximum atomic E-state index is 14.2. The molecule has 14 heteroatoms. The van der Waals surface area contributed by atoms with Gasteiger partial charge in [0.25, 0.3) is 5.91 Å². The van der Waals surface area contributed by atoms with E-state index in [9.17, 15) is 14.4 Å². The van der Waals surface area contributed by atoms with Gasteiger partial charge in [-0.05, 0) is 68.6 Å². The Labute approximate surface area is 316 Å². The third kappa shape index (κ3) is 6.36. The van der Waals surface area contributed by atoms with Gasteiger partial charge in [0.15, 0.2) is 0 Å². The first-order valence-corrected chi connectivity index (χ1v) is 20.3. The molecule has 52 heavy (non-hydrogen) atoms. The van der Waals surface area contributed by atoms with Crippen molar-refractivity contribution < 1.29 is 23.9 Å². The van der Waals surface area contributed by atoms with E-state index in [2.05, 4.69) is 42.1 Å². The zero-order valence-electron chi connectivity index (χ0n) is 30.3. The highest BCUT2D eigenvalue weighted by Crippen LogP contribution is 2.50. The van der Waals surface area contributed by atoms with Crippen LogP contribution in [0.1, 0.15) is 69.8 Å². The summed E-state index contributed by atoms with van der Waals surface area (Å²) in [7, 11) is 1.69. The maximum Gasteiger partial charge on any atom is 0.325 e. The summed E-state index contributed by atoms with van der Waals surface area (Å²) >= 11 is 10.5. The van der Waals surface area contributed by atoms with Crippen LogP contribution in [0.25, 0.3) is 32.0 Å². The van der Waals surface area contributed by atoms with Gasteiger partial charge in [-0.15, -0.1) is 22.7 Å². The van der Waals surface area contributed by atoms with Crippen LogP contribution in [-0.4, -0.2) is 69.7 Å². The van der Waals surface area contributed by atoms with Gasteiger partial charge in [0.05, 0.1) is 44.7 Å². The third-order valence-electron chi connectivity index (χ3n) is 11.2. The molecule has 2 N–H and O–H groups in total. The molecule has 2 saturated carbocycles. The number of carbonyl (C=O) groups is 3. The second-order valence-corrected chi connectivity index (χ2v) is 18.0. The van der Waals surface area contributed by atoms with Crippen LogP contribution in [0.2, 0.25) is 5.02 Å². The van der Waals surface area contributed by atoms with Gasteiger partial charge in [-0.3, -0.25) is 24.4 Å². The number of halogens is 1. The molecule has 3 fully saturated rings. The van der Waals surface area contributed by atoms with Crippen LogP contribution in [0, 0.1) is 29.1 Å². The fraction of sp³-hybridized carbons (Fsp3) is 0.553. The van der Waals surface area contributed by atoms with Gasteiger partial charge in [0.1, 0.15) is 16.9 Å². The van der Waals surface area contributed by atoms with Crippen LogP contribution in [-0.2, 0) is 43.2 Å². The number of methoxy groups -OCH3 is 1. The van der Waals surface area contributed by atoms with Crippen molar-refractivity contribution in [3.63, 3.8) is 0 Å². The molecule has 4 aromatic rings. The first-order chi connectivity index (χ1) is 24.9. The molecule has 4 aliphatic rings. The summed E-state index contributed by atoms with van der Waals surface area (Å²) in [6, 6.07) is 2.56. The maximum absolute atomic E-state index is 14.2. The van der Waals surface area contributed by atoms with Crippen LogP contribution in [0.4, 0.5) is 0 Å². The van der Waals surface area contributed by atoms with E-state index < -0.39 is 17.5 Å². The minimum atomic E-state index is -0.837. The number of pyridine rings is 1. The highest BCUT2D eigenvalue weighted by atomic mass is 35.5. The first kappa shape index (κ1) is 35.7. The molecular weight excluding hydrogens is 720 g/mol. The molecule has 1 saturated heterocycles. The monoisotopic (exact) mass is 764 g/mol. The number of hydrogen-bond acceptors (Lipinski definition) is 10. The van der Waals surface area contributed by atoms with Gasteiger partial charge in [0.2, 0.25) is 5.91 Å². The van der Waals surface area contributed by atoms with E-state index in [4.69, 9.17) is 31.0 Å². The topological polar surface area (TPSA) is 128 Å². The van der Waals surface area contributed by atoms with Crippen LogP contribution in [0.15, 0.2) is 23.7 Å². The number of aryl methyl sites for hydroxylation is 1. The summed E-state index contributed by atoms with van der Waals surface area (Å²) < 4.78 is 14.2. The number of rotatable bonds is 6. The Bertz CT molecular complexity index is 2070. The Kier molecular flexibility index (Phi) is 9.25. The van der Waals surface area contributed by atoms with Crippen molar-refractivity contribution in [3.8, 4) is 21.8 Å². The number of thiophene rings is 1. The fourth-order valence-electron chi connectivity index (χ4n) is 7.98. The quantitative estimate of drug-likeness (QED) is 0.215. The lowest BCUT2D eigenvalue weighted by Crippen LogP contribution is -2.61. The van der Waals surface area contributed by atoms with E-state index in [1.54, 1.807) is 24.6 Å². The predicted octanol–water partition coefficient (Wildman–Crippen LogP) is 6.43. The van der Waals surface area contributed by atoms with E-state index in [1.807, 2.05) is 25.3 Å². The number of hydrazine groups is 1. The Morgan fingerprint density at radius 1 is 1.29 bits per heavy atom. The molecular formula is C38H45ClN6O5S2. The average Bonchev–Trinajstić information content (AvgIpc) is 3.95. The fourth-order valence-corrected chi connectivity index (χ4v) is 10.6. The number of fused-ring (bicyclic) bond motifs is 8. The molecule has 8 rings (SSSR count). The molecule has 6 heterocycles. The molecule has 2 aliphatic carbocycles. The first-order valence-electron chi connectivity index (χ1n) is 18.2. The number of esters is 1. The summed E-state index contributed by atoms with van der Waals surface area (Å²) in [4.78, 5) is 52.9. The second kappa shape index (κ2) is 13.5. The Hall–Kier alpha value is -3.36. The summed E-state index contributed by atoms with van der Waals surface area (Å²) in [6.45, 7) is 11.7. The van der Waals surface area contributed by atoms with Gasteiger partial charge in [-0.1, -0.05) is 32.4 Å². The molecule has 2 aliphatic heterocycles. The van der Waals surface area contributed by atoms with Crippen LogP contribution in [0.3, 0.4) is 0 Å². The number of nitrogens with zero attached hydrogens (tertiary/aromatic N) is 4. The van der Waals surface area contributed by atoms with Crippen molar-refractivity contribution in [2.24, 2.45) is 29.1 Å². The number of cyclic esters (lactones) is 1. The zero-order valence-corrected chi connectivity index (χ0v) is 32.7. The largest absolute Gasteiger partial charge is 0.464 e. The molecule has 0 aromatic carbocycles. The summed E-state index contributed by atoms with van der Waals surface area (Å²) in [5.74, 6) is -0.249. The second-order valence-electron chi connectivity index (χ2n) is 15.7. The standard InChI is InChI=1S/C38H45ClN6O5S2/c1-7-44-32(21-9-8-10-40-30(21)19(3)49-6)24-14-38(4,5)17-50-37(48)31-23-12-20(23)15-45(43-31)35(47)25(42-34(46)22-11-18(22)2)13-27-41-26(16-51-27)33-29(39)28(24)36(44)52-33/h8-10,16,18-20,22-23,25,31,43H,7,11-15,17H2,1-6H3,(H,42,46)/t18-,19-,20+,22-,23+,25?,31-/m0/s1. The van der Waals surface area contributed by atoms with E-state index in [0.29, 0.717) is 30.5 Å². The SMILES string of the molecule is CCn1c(-c2cccnc2[C@H](C)OC)c2c3c(Cl)c(sc31)-c1csc(n1)CC(NC(=O)[C@H]1C[C@@H]1C)C(=O)N1C[C@H]3C[C@H]3[C@H](N1)C(=O)OCC(C)(C)C2. The Morgan fingerprint density at radius 3 is 2.81 bits per heavy atom. The summed E-state index contributed by atoms with van der Waals surface area (Å²) in [5, 5.41) is 8.87. The molecule has 0 spiro atoms.